The van der Waals surface area contributed by atoms with Crippen LogP contribution in [0.2, 0.25) is 0 Å². The smallest absolute Gasteiger partial charge is 0.435 e. The monoisotopic (exact) mass is 702 g/mol. The minimum absolute atomic E-state index is 0.0842. The fourth-order valence-corrected chi connectivity index (χ4v) is 5.66. The first-order valence-electron chi connectivity index (χ1n) is 14.8. The average molecular weight is 703 g/mol. The zero-order chi connectivity index (χ0) is 35.9. The number of ether oxygens (including phenoxy) is 1. The maximum Gasteiger partial charge on any atom is 0.435 e. The molecule has 1 N–H and O–H groups in total. The van der Waals surface area contributed by atoms with Crippen molar-refractivity contribution < 1.29 is 45.7 Å². The van der Waals surface area contributed by atoms with Gasteiger partial charge in [-0.1, -0.05) is 68.3 Å². The van der Waals surface area contributed by atoms with E-state index >= 15 is 0 Å². The molecule has 0 aliphatic rings. The number of hydrogen-bond acceptors (Lipinski definition) is 9. The Balaban J connectivity index is 1.49. The SMILES string of the molecule is CC[C@@H](C)[C@@H](C(=O)NS(=O)(=O)c1ccc(-n2nc(C(F)(F)F)cc2-c2ccc(C)cc2)cc1)N(C)/[N+]([O-])=N/OCOC(=O)c1ccccc1. The van der Waals surface area contributed by atoms with Crippen molar-refractivity contribution in [3.63, 3.8) is 0 Å². The molecule has 4 rings (SSSR count). The van der Waals surface area contributed by atoms with Crippen LogP contribution < -0.4 is 4.72 Å². The summed E-state index contributed by atoms with van der Waals surface area (Å²) in [6, 6.07) is 19.0. The van der Waals surface area contributed by atoms with E-state index in [0.717, 1.165) is 33.5 Å². The van der Waals surface area contributed by atoms with Crippen LogP contribution in [0.1, 0.15) is 41.9 Å². The highest BCUT2D eigenvalue weighted by molar-refractivity contribution is 7.90. The van der Waals surface area contributed by atoms with Crippen molar-refractivity contribution in [1.82, 2.24) is 19.5 Å². The van der Waals surface area contributed by atoms with Crippen LogP contribution in [-0.2, 0) is 30.6 Å². The van der Waals surface area contributed by atoms with Crippen LogP contribution in [-0.4, -0.2) is 59.9 Å². The summed E-state index contributed by atoms with van der Waals surface area (Å²) in [5.41, 5.74) is 0.723. The first kappa shape index (κ1) is 36.4. The largest absolute Gasteiger partial charge is 0.569 e. The van der Waals surface area contributed by atoms with Gasteiger partial charge in [0, 0.05) is 5.56 Å². The number of nitrogens with one attached hydrogen (secondary N) is 1. The van der Waals surface area contributed by atoms with Crippen LogP contribution >= 0.6 is 0 Å². The van der Waals surface area contributed by atoms with Crippen molar-refractivity contribution in [3.05, 3.63) is 107 Å². The van der Waals surface area contributed by atoms with Crippen molar-refractivity contribution in [2.24, 2.45) is 11.2 Å². The van der Waals surface area contributed by atoms with Gasteiger partial charge in [0.15, 0.2) is 11.7 Å². The number of halogens is 3. The summed E-state index contributed by atoms with van der Waals surface area (Å²) in [6.45, 7) is 4.46. The number of rotatable bonds is 13. The summed E-state index contributed by atoms with van der Waals surface area (Å²) in [5.74, 6) is -2.34. The molecule has 0 aliphatic carbocycles. The highest BCUT2D eigenvalue weighted by Crippen LogP contribution is 2.33. The van der Waals surface area contributed by atoms with Crippen molar-refractivity contribution in [1.29, 1.82) is 0 Å². The van der Waals surface area contributed by atoms with Crippen LogP contribution in [0.15, 0.2) is 95.1 Å². The molecule has 1 aromatic heterocycles. The Morgan fingerprint density at radius 3 is 2.29 bits per heavy atom. The number of esters is 1. The number of hydrazine groups is 1. The third kappa shape index (κ3) is 8.92. The third-order valence-electron chi connectivity index (χ3n) is 7.48. The molecule has 17 heteroatoms. The minimum Gasteiger partial charge on any atom is -0.569 e. The molecule has 4 aromatic rings. The van der Waals surface area contributed by atoms with Crippen molar-refractivity contribution >= 4 is 21.9 Å². The van der Waals surface area contributed by atoms with E-state index in [1.54, 1.807) is 56.3 Å². The van der Waals surface area contributed by atoms with Gasteiger partial charge in [0.05, 0.1) is 33.9 Å². The molecule has 0 unspecified atom stereocenters. The fourth-order valence-electron chi connectivity index (χ4n) is 4.66. The lowest BCUT2D eigenvalue weighted by Gasteiger charge is -2.27. The van der Waals surface area contributed by atoms with Gasteiger partial charge < -0.3 is 14.8 Å². The number of carbonyl (C=O) groups excluding carboxylic acids is 2. The zero-order valence-electron chi connectivity index (χ0n) is 26.8. The summed E-state index contributed by atoms with van der Waals surface area (Å²) < 4.78 is 75.1. The number of hydrogen-bond donors (Lipinski definition) is 1. The quantitative estimate of drug-likeness (QED) is 0.0465. The molecule has 2 atom stereocenters. The Hall–Kier alpha value is -5.45. The first-order valence-corrected chi connectivity index (χ1v) is 16.3. The lowest BCUT2D eigenvalue weighted by Crippen LogP contribution is -2.52. The van der Waals surface area contributed by atoms with Gasteiger partial charge in [0.25, 0.3) is 22.7 Å². The van der Waals surface area contributed by atoms with Gasteiger partial charge in [0.2, 0.25) is 5.28 Å². The number of nitrogens with zero attached hydrogens (tertiary/aromatic N) is 5. The van der Waals surface area contributed by atoms with Crippen molar-refractivity contribution in [3.8, 4) is 16.9 Å². The summed E-state index contributed by atoms with van der Waals surface area (Å²) in [6.07, 6.45) is -4.38. The van der Waals surface area contributed by atoms with Crippen molar-refractivity contribution in [2.45, 2.75) is 44.3 Å². The standard InChI is InChI=1S/C32H33F3N6O7S/c1-5-22(3)29(39(4)41(44)38-48-20-47-31(43)24-9-7-6-8-10-24)30(42)37-49(45,46)26-17-15-25(16-18-26)40-27(19-28(36-40)32(33,34)35)23-13-11-21(2)12-14-23/h6-19,22,29H,5,20H2,1-4H3,(H,37,42)/b41-38-/t22-,29+/m1/s1. The molecule has 1 heterocycles. The van der Waals surface area contributed by atoms with Gasteiger partial charge >= 0.3 is 12.1 Å². The van der Waals surface area contributed by atoms with Crippen LogP contribution in [0.3, 0.4) is 0 Å². The lowest BCUT2D eigenvalue weighted by atomic mass is 9.98. The van der Waals surface area contributed by atoms with E-state index in [1.807, 2.05) is 11.6 Å². The van der Waals surface area contributed by atoms with E-state index in [-0.39, 0.29) is 26.8 Å². The Labute approximate surface area is 280 Å². The normalized spacial score (nSPS) is 13.3. The van der Waals surface area contributed by atoms with Crippen LogP contribution in [0.4, 0.5) is 13.2 Å². The molecule has 0 fully saturated rings. The summed E-state index contributed by atoms with van der Waals surface area (Å²) in [4.78, 5) is 29.6. The Kier molecular flexibility index (Phi) is 11.3. The van der Waals surface area contributed by atoms with Crippen molar-refractivity contribution in [2.75, 3.05) is 13.8 Å². The second kappa shape index (κ2) is 15.2. The summed E-state index contributed by atoms with van der Waals surface area (Å²) >= 11 is 0. The first-order chi connectivity index (χ1) is 23.1. The molecule has 0 spiro atoms. The highest BCUT2D eigenvalue weighted by Gasteiger charge is 2.37. The molecule has 49 heavy (non-hydrogen) atoms. The number of sulfonamides is 1. The number of aryl methyl sites for hydroxylation is 1. The Bertz CT molecular complexity index is 1900. The molecule has 0 saturated heterocycles. The fraction of sp³-hybridized carbons (Fsp3) is 0.281. The van der Waals surface area contributed by atoms with Gasteiger partial charge in [-0.2, -0.15) is 18.3 Å². The maximum atomic E-state index is 13.6. The molecule has 0 saturated carbocycles. The van der Waals surface area contributed by atoms with E-state index in [2.05, 4.69) is 10.4 Å². The predicted molar refractivity (Wildman–Crippen MR) is 169 cm³/mol. The lowest BCUT2D eigenvalue weighted by molar-refractivity contribution is -0.712. The van der Waals surface area contributed by atoms with E-state index < -0.39 is 52.5 Å². The van der Waals surface area contributed by atoms with Crippen LogP contribution in [0.25, 0.3) is 16.9 Å². The second-order valence-electron chi connectivity index (χ2n) is 10.9. The Morgan fingerprint density at radius 1 is 1.06 bits per heavy atom. The van der Waals surface area contributed by atoms with Gasteiger partial charge in [-0.05, 0) is 55.3 Å². The highest BCUT2D eigenvalue weighted by atomic mass is 32.2. The second-order valence-corrected chi connectivity index (χ2v) is 12.6. The van der Waals surface area contributed by atoms with Gasteiger partial charge in [-0.3, -0.25) is 4.79 Å². The summed E-state index contributed by atoms with van der Waals surface area (Å²) in [5, 5.41) is 20.4. The van der Waals surface area contributed by atoms with Gasteiger partial charge in [-0.15, -0.1) is 5.01 Å². The molecule has 0 bridgehead atoms. The van der Waals surface area contributed by atoms with Gasteiger partial charge in [-0.25, -0.2) is 22.6 Å². The molecule has 0 radical (unpaired) electrons. The molecular formula is C32H33F3N6O7S. The number of alkyl halides is 3. The Morgan fingerprint density at radius 2 is 1.69 bits per heavy atom. The molecule has 3 aromatic carbocycles. The molecule has 1 amide bonds. The summed E-state index contributed by atoms with van der Waals surface area (Å²) in [7, 11) is -3.33. The number of likely N-dealkylation sites (N-methyl/N-ethyl adjacent to an activating group) is 1. The number of benzene rings is 3. The third-order valence-corrected chi connectivity index (χ3v) is 8.84. The predicted octanol–water partition coefficient (Wildman–Crippen LogP) is 5.64. The van der Waals surface area contributed by atoms with Crippen LogP contribution in [0.5, 0.6) is 0 Å². The van der Waals surface area contributed by atoms with E-state index in [1.165, 1.54) is 31.3 Å². The number of aromatic nitrogens is 2. The van der Waals surface area contributed by atoms with Crippen LogP contribution in [0, 0.1) is 18.0 Å². The van der Waals surface area contributed by atoms with E-state index in [4.69, 9.17) is 9.57 Å². The topological polar surface area (TPSA) is 158 Å². The maximum absolute atomic E-state index is 13.6. The molecule has 0 aliphatic heterocycles. The van der Waals surface area contributed by atoms with E-state index in [0.29, 0.717) is 12.0 Å². The minimum atomic E-state index is -4.73. The number of carbonyl (C=O) groups is 2. The van der Waals surface area contributed by atoms with E-state index in [9.17, 15) is 36.4 Å². The average Bonchev–Trinajstić information content (AvgIpc) is 3.53. The zero-order valence-corrected chi connectivity index (χ0v) is 27.6. The number of amides is 1. The molecule has 13 nitrogen and oxygen atoms in total. The molecular weight excluding hydrogens is 669 g/mol. The van der Waals surface area contributed by atoms with Gasteiger partial charge in [0.1, 0.15) is 0 Å². The molecule has 260 valence electrons.